The molecule has 0 N–H and O–H groups in total. The molecule has 1 aromatic carbocycles. The van der Waals surface area contributed by atoms with E-state index in [-0.39, 0.29) is 5.82 Å². The molecule has 104 valence electrons. The smallest absolute Gasteiger partial charge is 0.151 e. The van der Waals surface area contributed by atoms with Crippen LogP contribution in [-0.4, -0.2) is 36.4 Å². The van der Waals surface area contributed by atoms with Gasteiger partial charge in [-0.15, -0.1) is 10.2 Å². The zero-order chi connectivity index (χ0) is 13.9. The fourth-order valence-corrected chi connectivity index (χ4v) is 2.46. The molecular formula is C14H14ClFN4. The molecule has 4 nitrogen and oxygen atoms in total. The molecule has 0 saturated carbocycles. The molecule has 0 aliphatic carbocycles. The second-order valence-electron chi connectivity index (χ2n) is 4.64. The van der Waals surface area contributed by atoms with Crippen molar-refractivity contribution in [2.45, 2.75) is 0 Å². The maximum atomic E-state index is 13.7. The molecule has 6 heteroatoms. The van der Waals surface area contributed by atoms with Crippen LogP contribution in [0.2, 0.25) is 5.15 Å². The highest BCUT2D eigenvalue weighted by Crippen LogP contribution is 2.21. The van der Waals surface area contributed by atoms with Crippen molar-refractivity contribution in [1.82, 2.24) is 10.2 Å². The molecule has 0 atom stereocenters. The van der Waals surface area contributed by atoms with Crippen LogP contribution in [0.5, 0.6) is 0 Å². The van der Waals surface area contributed by atoms with E-state index in [1.54, 1.807) is 12.1 Å². The normalized spacial score (nSPS) is 15.5. The van der Waals surface area contributed by atoms with E-state index in [0.29, 0.717) is 10.8 Å². The maximum Gasteiger partial charge on any atom is 0.151 e. The quantitative estimate of drug-likeness (QED) is 0.852. The molecule has 3 rings (SSSR count). The van der Waals surface area contributed by atoms with E-state index in [1.165, 1.54) is 6.07 Å². The first-order valence-corrected chi connectivity index (χ1v) is 6.85. The summed E-state index contributed by atoms with van der Waals surface area (Å²) < 4.78 is 13.7. The molecule has 1 fully saturated rings. The van der Waals surface area contributed by atoms with Gasteiger partial charge in [0, 0.05) is 26.2 Å². The molecule has 2 heterocycles. The number of benzene rings is 1. The number of halogens is 2. The van der Waals surface area contributed by atoms with Crippen molar-refractivity contribution in [3.63, 3.8) is 0 Å². The molecular weight excluding hydrogens is 279 g/mol. The van der Waals surface area contributed by atoms with E-state index in [1.807, 2.05) is 18.2 Å². The Morgan fingerprint density at radius 3 is 2.25 bits per heavy atom. The van der Waals surface area contributed by atoms with Crippen LogP contribution < -0.4 is 9.80 Å². The van der Waals surface area contributed by atoms with Crippen molar-refractivity contribution in [1.29, 1.82) is 0 Å². The van der Waals surface area contributed by atoms with Crippen molar-refractivity contribution in [2.75, 3.05) is 36.0 Å². The minimum atomic E-state index is -0.174. The molecule has 2 aromatic rings. The van der Waals surface area contributed by atoms with Gasteiger partial charge in [0.25, 0.3) is 0 Å². The second kappa shape index (κ2) is 5.63. The van der Waals surface area contributed by atoms with Gasteiger partial charge in [-0.25, -0.2) is 4.39 Å². The number of piperazine rings is 1. The average Bonchev–Trinajstić information content (AvgIpc) is 2.49. The number of rotatable bonds is 2. The summed E-state index contributed by atoms with van der Waals surface area (Å²) in [5, 5.41) is 8.30. The van der Waals surface area contributed by atoms with E-state index in [2.05, 4.69) is 20.0 Å². The van der Waals surface area contributed by atoms with E-state index >= 15 is 0 Å². The Morgan fingerprint density at radius 1 is 0.900 bits per heavy atom. The van der Waals surface area contributed by atoms with E-state index < -0.39 is 0 Å². The third-order valence-electron chi connectivity index (χ3n) is 3.41. The minimum absolute atomic E-state index is 0.174. The number of anilines is 2. The lowest BCUT2D eigenvalue weighted by molar-refractivity contribution is 0.595. The molecule has 0 bridgehead atoms. The summed E-state index contributed by atoms with van der Waals surface area (Å²) in [6.45, 7) is 3.08. The Hall–Kier alpha value is -1.88. The van der Waals surface area contributed by atoms with Gasteiger partial charge in [-0.2, -0.15) is 0 Å². The molecule has 1 aliphatic heterocycles. The van der Waals surface area contributed by atoms with Gasteiger partial charge in [0.15, 0.2) is 11.0 Å². The monoisotopic (exact) mass is 292 g/mol. The van der Waals surface area contributed by atoms with Crippen molar-refractivity contribution in [3.8, 4) is 0 Å². The standard InChI is InChI=1S/C14H14ClFN4/c15-13-5-6-14(18-17-13)20-9-7-19(8-10-20)12-4-2-1-3-11(12)16/h1-6H,7-10H2. The first-order valence-electron chi connectivity index (χ1n) is 6.48. The van der Waals surface area contributed by atoms with Gasteiger partial charge in [0.2, 0.25) is 0 Å². The lowest BCUT2D eigenvalue weighted by Crippen LogP contribution is -2.47. The highest BCUT2D eigenvalue weighted by atomic mass is 35.5. The van der Waals surface area contributed by atoms with Gasteiger partial charge in [-0.1, -0.05) is 23.7 Å². The average molecular weight is 293 g/mol. The summed E-state index contributed by atoms with van der Waals surface area (Å²) in [7, 11) is 0. The summed E-state index contributed by atoms with van der Waals surface area (Å²) in [5.41, 5.74) is 0.661. The van der Waals surface area contributed by atoms with Gasteiger partial charge < -0.3 is 9.80 Å². The summed E-state index contributed by atoms with van der Waals surface area (Å²) >= 11 is 5.73. The van der Waals surface area contributed by atoms with E-state index in [4.69, 9.17) is 11.6 Å². The van der Waals surface area contributed by atoms with Gasteiger partial charge in [0.05, 0.1) is 5.69 Å². The third kappa shape index (κ3) is 2.67. The molecule has 0 radical (unpaired) electrons. The first-order chi connectivity index (χ1) is 9.74. The zero-order valence-electron chi connectivity index (χ0n) is 10.8. The lowest BCUT2D eigenvalue weighted by atomic mass is 10.2. The Bertz CT molecular complexity index is 582. The number of hydrogen-bond acceptors (Lipinski definition) is 4. The molecule has 0 unspecified atom stereocenters. The van der Waals surface area contributed by atoms with Crippen molar-refractivity contribution in [3.05, 3.63) is 47.4 Å². The zero-order valence-corrected chi connectivity index (χ0v) is 11.6. The summed E-state index contributed by atoms with van der Waals surface area (Å²) in [5.74, 6) is 0.634. The Labute approximate surface area is 121 Å². The molecule has 0 spiro atoms. The molecule has 1 aromatic heterocycles. The van der Waals surface area contributed by atoms with Crippen molar-refractivity contribution < 1.29 is 4.39 Å². The van der Waals surface area contributed by atoms with Crippen LogP contribution in [0.3, 0.4) is 0 Å². The predicted octanol–water partition coefficient (Wildman–Crippen LogP) is 2.60. The Morgan fingerprint density at radius 2 is 1.60 bits per heavy atom. The van der Waals surface area contributed by atoms with Gasteiger partial charge in [0.1, 0.15) is 5.82 Å². The van der Waals surface area contributed by atoms with Crippen LogP contribution in [-0.2, 0) is 0 Å². The highest BCUT2D eigenvalue weighted by Gasteiger charge is 2.20. The maximum absolute atomic E-state index is 13.7. The first kappa shape index (κ1) is 13.1. The number of para-hydroxylation sites is 1. The van der Waals surface area contributed by atoms with Crippen molar-refractivity contribution >= 4 is 23.1 Å². The van der Waals surface area contributed by atoms with Crippen LogP contribution >= 0.6 is 11.6 Å². The summed E-state index contributed by atoms with van der Waals surface area (Å²) in [4.78, 5) is 4.18. The van der Waals surface area contributed by atoms with Crippen LogP contribution in [0.1, 0.15) is 0 Å². The lowest BCUT2D eigenvalue weighted by Gasteiger charge is -2.36. The summed E-state index contributed by atoms with van der Waals surface area (Å²) in [6, 6.07) is 10.5. The Kier molecular flexibility index (Phi) is 3.69. The minimum Gasteiger partial charge on any atom is -0.366 e. The van der Waals surface area contributed by atoms with Gasteiger partial charge in [-0.3, -0.25) is 0 Å². The van der Waals surface area contributed by atoms with Crippen LogP contribution in [0, 0.1) is 5.82 Å². The highest BCUT2D eigenvalue weighted by molar-refractivity contribution is 6.29. The fourth-order valence-electron chi connectivity index (χ4n) is 2.36. The van der Waals surface area contributed by atoms with Gasteiger partial charge in [-0.05, 0) is 24.3 Å². The van der Waals surface area contributed by atoms with E-state index in [9.17, 15) is 4.39 Å². The topological polar surface area (TPSA) is 32.3 Å². The van der Waals surface area contributed by atoms with Crippen LogP contribution in [0.25, 0.3) is 0 Å². The molecule has 1 saturated heterocycles. The van der Waals surface area contributed by atoms with Gasteiger partial charge >= 0.3 is 0 Å². The molecule has 20 heavy (non-hydrogen) atoms. The second-order valence-corrected chi connectivity index (χ2v) is 5.03. The molecule has 1 aliphatic rings. The largest absolute Gasteiger partial charge is 0.366 e. The van der Waals surface area contributed by atoms with Crippen molar-refractivity contribution in [2.24, 2.45) is 0 Å². The molecule has 0 amide bonds. The van der Waals surface area contributed by atoms with E-state index in [0.717, 1.165) is 32.0 Å². The fraction of sp³-hybridized carbons (Fsp3) is 0.286. The van der Waals surface area contributed by atoms with Crippen LogP contribution in [0.15, 0.2) is 36.4 Å². The summed E-state index contributed by atoms with van der Waals surface area (Å²) in [6.07, 6.45) is 0. The number of aromatic nitrogens is 2. The number of hydrogen-bond donors (Lipinski definition) is 0. The third-order valence-corrected chi connectivity index (χ3v) is 3.62. The van der Waals surface area contributed by atoms with Crippen LogP contribution in [0.4, 0.5) is 15.9 Å². The number of nitrogens with zero attached hydrogens (tertiary/aromatic N) is 4. The Balaban J connectivity index is 1.68. The SMILES string of the molecule is Fc1ccccc1N1CCN(c2ccc(Cl)nn2)CC1. The predicted molar refractivity (Wildman–Crippen MR) is 77.9 cm³/mol.